The number of aryl methyl sites for hydroxylation is 1. The van der Waals surface area contributed by atoms with Gasteiger partial charge in [0.05, 0.1) is 67.8 Å². The SMILES string of the molecule is CCCCc1ccc(CC(COCc2ccccc2)NC(=O)[C@H](C)[C@@H](OC)[C@@H]2CCCN2C(=O)C[C@@H](OC)[C@H]([C@@H](C)CC)N(C)C(=O)[C@@H](NC(=O)[C@H](C(C)C)N(C)CCCC(=O)NNC(=O)CCCCCN2C(=O)CC(C(C)(CC)CC)C2=O)C(C)C)cc1. The van der Waals surface area contributed by atoms with Gasteiger partial charge in [-0.1, -0.05) is 150 Å². The second kappa shape index (κ2) is 38.2. The number of hydrogen-bond donors (Lipinski definition) is 4. The summed E-state index contributed by atoms with van der Waals surface area (Å²) in [6, 6.07) is 15.8. The van der Waals surface area contributed by atoms with E-state index in [9.17, 15) is 38.4 Å². The minimum Gasteiger partial charge on any atom is -0.379 e. The van der Waals surface area contributed by atoms with Crippen LogP contribution in [0.25, 0.3) is 0 Å². The highest BCUT2D eigenvalue weighted by molar-refractivity contribution is 6.04. The Kier molecular flexibility index (Phi) is 32.5. The summed E-state index contributed by atoms with van der Waals surface area (Å²) in [4.78, 5) is 116. The van der Waals surface area contributed by atoms with Gasteiger partial charge in [-0.3, -0.25) is 59.0 Å². The molecule has 2 saturated heterocycles. The van der Waals surface area contributed by atoms with E-state index in [0.29, 0.717) is 77.8 Å². The number of hydrazine groups is 1. The standard InChI is InChI=1S/C70H114N8O11/c1-16-20-29-51-35-37-52(38-36-51)42-54(46-89-45-53-30-23-21-24-31-53)71-66(83)50(10)65(88-15)56-32-27-41-77(56)61(82)44-57(87-14)64(49(9)17-2)76(13)69(86)62(47(5)6)72-67(84)63(48(7)8)75(12)39-28-34-59(80)74-73-58(79)33-25-22-26-40-78-60(81)43-55(68(78)85)70(11,18-3)19-4/h21,23-24,30-31,35-38,47-50,54-57,62-65H,16-20,22,25-29,32-34,39-46H2,1-15H3,(H,71,83)(H,72,84)(H,73,79)(H,74,80)/t49-,50+,54?,55?,56-,57+,62-,63-,64-,65+/m0/s1. The molecule has 2 aromatic carbocycles. The van der Waals surface area contributed by atoms with Crippen molar-refractivity contribution >= 4 is 47.3 Å². The van der Waals surface area contributed by atoms with E-state index < -0.39 is 36.3 Å². The molecule has 2 fully saturated rings. The molecule has 0 radical (unpaired) electrons. The van der Waals surface area contributed by atoms with Crippen molar-refractivity contribution in [3.8, 4) is 0 Å². The van der Waals surface area contributed by atoms with E-state index in [1.165, 1.54) is 10.5 Å². The van der Waals surface area contributed by atoms with Gasteiger partial charge in [0.25, 0.3) is 0 Å². The first-order chi connectivity index (χ1) is 42.4. The summed E-state index contributed by atoms with van der Waals surface area (Å²) >= 11 is 0. The number of likely N-dealkylation sites (N-methyl/N-ethyl adjacent to an activating group) is 2. The van der Waals surface area contributed by atoms with Crippen LogP contribution >= 0.6 is 0 Å². The predicted molar refractivity (Wildman–Crippen MR) is 348 cm³/mol. The molecule has 10 atom stereocenters. The lowest BCUT2D eigenvalue weighted by atomic mass is 9.72. The van der Waals surface area contributed by atoms with Crippen molar-refractivity contribution in [1.82, 2.24) is 41.1 Å². The van der Waals surface area contributed by atoms with Gasteiger partial charge in [-0.25, -0.2) is 0 Å². The Morgan fingerprint density at radius 1 is 0.742 bits per heavy atom. The van der Waals surface area contributed by atoms with Crippen molar-refractivity contribution in [3.05, 3.63) is 71.3 Å². The molecule has 0 saturated carbocycles. The highest BCUT2D eigenvalue weighted by Gasteiger charge is 2.47. The average Bonchev–Trinajstić information content (AvgIpc) is 3.39. The molecule has 2 unspecified atom stereocenters. The van der Waals surface area contributed by atoms with Gasteiger partial charge in [-0.05, 0) is 118 Å². The number of benzene rings is 2. The minimum atomic E-state index is -0.908. The van der Waals surface area contributed by atoms with Crippen LogP contribution in [-0.4, -0.2) is 164 Å². The summed E-state index contributed by atoms with van der Waals surface area (Å²) in [5.41, 5.74) is 8.20. The Morgan fingerprint density at radius 2 is 1.38 bits per heavy atom. The molecule has 4 N–H and O–H groups in total. The third-order valence-corrected chi connectivity index (χ3v) is 19.2. The Labute approximate surface area is 533 Å². The van der Waals surface area contributed by atoms with E-state index in [-0.39, 0.29) is 114 Å². The summed E-state index contributed by atoms with van der Waals surface area (Å²) in [6.07, 6.45) is 8.91. The lowest BCUT2D eigenvalue weighted by Gasteiger charge is -2.41. The van der Waals surface area contributed by atoms with Crippen LogP contribution in [0.5, 0.6) is 0 Å². The maximum Gasteiger partial charge on any atom is 0.245 e. The van der Waals surface area contributed by atoms with Gasteiger partial charge < -0.3 is 34.6 Å². The van der Waals surface area contributed by atoms with Gasteiger partial charge >= 0.3 is 0 Å². The van der Waals surface area contributed by atoms with Crippen LogP contribution in [0.2, 0.25) is 0 Å². The molecule has 2 heterocycles. The quantitative estimate of drug-likeness (QED) is 0.0279. The number of ether oxygens (including phenoxy) is 3. The molecule has 19 heteroatoms. The zero-order chi connectivity index (χ0) is 66.0. The zero-order valence-corrected chi connectivity index (χ0v) is 57.0. The molecule has 0 bridgehead atoms. The Balaban J connectivity index is 1.32. The molecule has 4 rings (SSSR count). The number of unbranched alkanes of at least 4 members (excludes halogenated alkanes) is 3. The topological polar surface area (TPSA) is 225 Å². The van der Waals surface area contributed by atoms with Crippen LogP contribution in [0.4, 0.5) is 0 Å². The molecule has 0 aromatic heterocycles. The van der Waals surface area contributed by atoms with Crippen LogP contribution in [0.15, 0.2) is 54.6 Å². The molecular formula is C70H114N8O11. The van der Waals surface area contributed by atoms with Crippen molar-refractivity contribution in [1.29, 1.82) is 0 Å². The number of nitrogens with one attached hydrogen (secondary N) is 4. The lowest BCUT2D eigenvalue weighted by Crippen LogP contribution is -2.60. The molecule has 2 aliphatic heterocycles. The number of carbonyl (C=O) groups is 8. The molecule has 0 aliphatic carbocycles. The third-order valence-electron chi connectivity index (χ3n) is 19.2. The smallest absolute Gasteiger partial charge is 0.245 e. The Hall–Kier alpha value is -5.76. The molecule has 0 spiro atoms. The van der Waals surface area contributed by atoms with Crippen molar-refractivity contribution in [2.24, 2.45) is 35.0 Å². The minimum absolute atomic E-state index is 0.0224. The Bertz CT molecular complexity index is 2530. The van der Waals surface area contributed by atoms with Crippen LogP contribution in [0.1, 0.15) is 189 Å². The molecule has 8 amide bonds. The van der Waals surface area contributed by atoms with Gasteiger partial charge in [0, 0.05) is 53.6 Å². The molecule has 89 heavy (non-hydrogen) atoms. The fourth-order valence-corrected chi connectivity index (χ4v) is 13.0. The fourth-order valence-electron chi connectivity index (χ4n) is 13.0. The van der Waals surface area contributed by atoms with Gasteiger partial charge in [0.1, 0.15) is 6.04 Å². The molecule has 2 aromatic rings. The average molecular weight is 1240 g/mol. The van der Waals surface area contributed by atoms with Crippen molar-refractivity contribution in [3.63, 3.8) is 0 Å². The molecule has 19 nitrogen and oxygen atoms in total. The van der Waals surface area contributed by atoms with E-state index in [1.807, 2.05) is 95.6 Å². The largest absolute Gasteiger partial charge is 0.379 e. The first-order valence-electron chi connectivity index (χ1n) is 33.4. The highest BCUT2D eigenvalue weighted by atomic mass is 16.5. The van der Waals surface area contributed by atoms with Gasteiger partial charge in [-0.15, -0.1) is 0 Å². The Morgan fingerprint density at radius 3 is 1.97 bits per heavy atom. The van der Waals surface area contributed by atoms with Gasteiger partial charge in [0.15, 0.2) is 0 Å². The maximum absolute atomic E-state index is 14.8. The predicted octanol–water partition coefficient (Wildman–Crippen LogP) is 8.98. The van der Waals surface area contributed by atoms with Crippen LogP contribution in [0.3, 0.4) is 0 Å². The zero-order valence-electron chi connectivity index (χ0n) is 57.0. The van der Waals surface area contributed by atoms with Gasteiger partial charge in [-0.2, -0.15) is 0 Å². The second-order valence-electron chi connectivity index (χ2n) is 26.3. The summed E-state index contributed by atoms with van der Waals surface area (Å²) in [5.74, 6) is -3.39. The number of imide groups is 1. The summed E-state index contributed by atoms with van der Waals surface area (Å²) in [7, 11) is 6.68. The summed E-state index contributed by atoms with van der Waals surface area (Å²) in [6.45, 7) is 23.8. The molecule has 2 aliphatic rings. The van der Waals surface area contributed by atoms with E-state index >= 15 is 0 Å². The number of hydrogen-bond acceptors (Lipinski definition) is 12. The van der Waals surface area contributed by atoms with Crippen molar-refractivity contribution in [2.45, 2.75) is 234 Å². The third kappa shape index (κ3) is 22.5. The second-order valence-corrected chi connectivity index (χ2v) is 26.3. The summed E-state index contributed by atoms with van der Waals surface area (Å²) < 4.78 is 18.5. The number of amides is 8. The van der Waals surface area contributed by atoms with Gasteiger partial charge in [0.2, 0.25) is 47.3 Å². The van der Waals surface area contributed by atoms with Crippen LogP contribution in [0, 0.1) is 35.0 Å². The van der Waals surface area contributed by atoms with E-state index in [0.717, 1.165) is 49.7 Å². The number of likely N-dealkylation sites (tertiary alicyclic amines) is 2. The fraction of sp³-hybridized carbons (Fsp3) is 0.714. The van der Waals surface area contributed by atoms with Crippen molar-refractivity contribution < 1.29 is 52.6 Å². The number of rotatable bonds is 40. The number of methoxy groups -OCH3 is 2. The first kappa shape index (κ1) is 75.7. The van der Waals surface area contributed by atoms with Crippen LogP contribution < -0.4 is 21.5 Å². The molecular weight excluding hydrogens is 1130 g/mol. The van der Waals surface area contributed by atoms with Crippen molar-refractivity contribution in [2.75, 3.05) is 54.6 Å². The number of nitrogens with zero attached hydrogens (tertiary/aromatic N) is 4. The lowest BCUT2D eigenvalue weighted by molar-refractivity contribution is -0.148. The summed E-state index contributed by atoms with van der Waals surface area (Å²) in [5, 5.41) is 6.39. The van der Waals surface area contributed by atoms with E-state index in [2.05, 4.69) is 73.4 Å². The first-order valence-corrected chi connectivity index (χ1v) is 33.4. The monoisotopic (exact) mass is 1240 g/mol. The maximum atomic E-state index is 14.8. The van der Waals surface area contributed by atoms with Crippen LogP contribution in [-0.2, 0) is 72.0 Å². The van der Waals surface area contributed by atoms with E-state index in [4.69, 9.17) is 14.2 Å². The van der Waals surface area contributed by atoms with E-state index in [1.54, 1.807) is 26.2 Å². The number of carbonyl (C=O) groups excluding carboxylic acids is 8. The normalized spacial score (nSPS) is 18.1. The highest BCUT2D eigenvalue weighted by Crippen LogP contribution is 2.41. The molecule has 500 valence electrons.